The molecule has 0 aliphatic heterocycles. The van der Waals surface area contributed by atoms with Gasteiger partial charge in [-0.25, -0.2) is 4.98 Å². The Morgan fingerprint density at radius 3 is 2.80 bits per heavy atom. The summed E-state index contributed by atoms with van der Waals surface area (Å²) < 4.78 is 1.65. The number of aryl methyl sites for hydroxylation is 1. The van der Waals surface area contributed by atoms with Crippen LogP contribution in [0.15, 0.2) is 18.3 Å². The highest BCUT2D eigenvalue weighted by atomic mass is 16.6. The van der Waals surface area contributed by atoms with Crippen LogP contribution in [-0.2, 0) is 6.54 Å². The first-order chi connectivity index (χ1) is 9.52. The standard InChI is InChI=1S/C13H17N5O2/c1-4-14-12-7-11(5-6-15-12)8-17-10(3)13(18(19)20)9(2)16-17/h5-7H,4,8H2,1-3H3,(H,14,15). The third-order valence-electron chi connectivity index (χ3n) is 3.04. The van der Waals surface area contributed by atoms with Crippen molar-refractivity contribution in [2.45, 2.75) is 27.3 Å². The molecular weight excluding hydrogens is 258 g/mol. The van der Waals surface area contributed by atoms with E-state index in [0.29, 0.717) is 17.9 Å². The lowest BCUT2D eigenvalue weighted by Crippen LogP contribution is -2.06. The molecule has 0 unspecified atom stereocenters. The zero-order chi connectivity index (χ0) is 14.7. The number of anilines is 1. The zero-order valence-corrected chi connectivity index (χ0v) is 11.8. The van der Waals surface area contributed by atoms with E-state index in [4.69, 9.17) is 0 Å². The van der Waals surface area contributed by atoms with E-state index in [1.165, 1.54) is 0 Å². The molecule has 2 rings (SSSR count). The molecule has 0 fully saturated rings. The molecule has 0 atom stereocenters. The summed E-state index contributed by atoms with van der Waals surface area (Å²) in [6.07, 6.45) is 1.72. The predicted molar refractivity (Wildman–Crippen MR) is 75.9 cm³/mol. The fourth-order valence-electron chi connectivity index (χ4n) is 2.13. The van der Waals surface area contributed by atoms with Gasteiger partial charge in [0.05, 0.1) is 11.5 Å². The van der Waals surface area contributed by atoms with Gasteiger partial charge in [-0.05, 0) is 38.5 Å². The Kier molecular flexibility index (Phi) is 3.97. The molecule has 2 heterocycles. The molecule has 0 saturated carbocycles. The number of hydrogen-bond acceptors (Lipinski definition) is 5. The Balaban J connectivity index is 2.28. The van der Waals surface area contributed by atoms with Crippen molar-refractivity contribution in [1.82, 2.24) is 14.8 Å². The highest BCUT2D eigenvalue weighted by Gasteiger charge is 2.21. The van der Waals surface area contributed by atoms with E-state index in [2.05, 4.69) is 15.4 Å². The average molecular weight is 275 g/mol. The number of hydrogen-bond donors (Lipinski definition) is 1. The number of nitro groups is 1. The van der Waals surface area contributed by atoms with Crippen LogP contribution in [0.2, 0.25) is 0 Å². The maximum Gasteiger partial charge on any atom is 0.312 e. The third kappa shape index (κ3) is 2.76. The van der Waals surface area contributed by atoms with Gasteiger partial charge in [0.2, 0.25) is 0 Å². The van der Waals surface area contributed by atoms with E-state index in [-0.39, 0.29) is 10.6 Å². The minimum Gasteiger partial charge on any atom is -0.370 e. The first-order valence-corrected chi connectivity index (χ1v) is 6.40. The van der Waals surface area contributed by atoms with Crippen molar-refractivity contribution >= 4 is 11.5 Å². The molecule has 0 aromatic carbocycles. The van der Waals surface area contributed by atoms with Crippen LogP contribution in [0.3, 0.4) is 0 Å². The van der Waals surface area contributed by atoms with Crippen molar-refractivity contribution in [3.63, 3.8) is 0 Å². The van der Waals surface area contributed by atoms with E-state index in [1.54, 1.807) is 24.7 Å². The van der Waals surface area contributed by atoms with Gasteiger partial charge in [0.15, 0.2) is 0 Å². The van der Waals surface area contributed by atoms with Crippen molar-refractivity contribution in [3.8, 4) is 0 Å². The van der Waals surface area contributed by atoms with Crippen LogP contribution in [0.4, 0.5) is 11.5 Å². The highest BCUT2D eigenvalue weighted by molar-refractivity contribution is 5.41. The number of nitrogens with one attached hydrogen (secondary N) is 1. The minimum atomic E-state index is -0.384. The Morgan fingerprint density at radius 1 is 1.45 bits per heavy atom. The fourth-order valence-corrected chi connectivity index (χ4v) is 2.13. The molecule has 0 radical (unpaired) electrons. The van der Waals surface area contributed by atoms with Crippen molar-refractivity contribution in [2.24, 2.45) is 0 Å². The number of aromatic nitrogens is 3. The molecule has 0 amide bonds. The molecule has 7 nitrogen and oxygen atoms in total. The van der Waals surface area contributed by atoms with Crippen LogP contribution >= 0.6 is 0 Å². The van der Waals surface area contributed by atoms with Crippen molar-refractivity contribution in [1.29, 1.82) is 0 Å². The lowest BCUT2D eigenvalue weighted by molar-refractivity contribution is -0.386. The predicted octanol–water partition coefficient (Wildman–Crippen LogP) is 2.28. The Morgan fingerprint density at radius 2 is 2.20 bits per heavy atom. The second-order valence-electron chi connectivity index (χ2n) is 4.51. The molecule has 20 heavy (non-hydrogen) atoms. The SMILES string of the molecule is CCNc1cc(Cn2nc(C)c([N+](=O)[O-])c2C)ccn1. The summed E-state index contributed by atoms with van der Waals surface area (Å²) in [6, 6.07) is 3.80. The van der Waals surface area contributed by atoms with E-state index in [9.17, 15) is 10.1 Å². The van der Waals surface area contributed by atoms with Gasteiger partial charge >= 0.3 is 5.69 Å². The number of pyridine rings is 1. The molecule has 0 aliphatic carbocycles. The monoisotopic (exact) mass is 275 g/mol. The lowest BCUT2D eigenvalue weighted by Gasteiger charge is -2.06. The molecule has 2 aromatic rings. The second kappa shape index (κ2) is 5.68. The van der Waals surface area contributed by atoms with E-state index in [1.807, 2.05) is 19.1 Å². The van der Waals surface area contributed by atoms with E-state index in [0.717, 1.165) is 17.9 Å². The van der Waals surface area contributed by atoms with Crippen molar-refractivity contribution < 1.29 is 4.92 Å². The van der Waals surface area contributed by atoms with Crippen LogP contribution in [0, 0.1) is 24.0 Å². The maximum absolute atomic E-state index is 11.0. The molecule has 0 aliphatic rings. The topological polar surface area (TPSA) is 85.9 Å². The van der Waals surface area contributed by atoms with Gasteiger partial charge in [-0.3, -0.25) is 14.8 Å². The summed E-state index contributed by atoms with van der Waals surface area (Å²) >= 11 is 0. The van der Waals surface area contributed by atoms with Crippen molar-refractivity contribution in [3.05, 3.63) is 45.4 Å². The summed E-state index contributed by atoms with van der Waals surface area (Å²) in [5, 5.41) is 18.4. The maximum atomic E-state index is 11.0. The molecule has 2 aromatic heterocycles. The van der Waals surface area contributed by atoms with Crippen LogP contribution in [-0.4, -0.2) is 26.2 Å². The van der Waals surface area contributed by atoms with Crippen molar-refractivity contribution in [2.75, 3.05) is 11.9 Å². The van der Waals surface area contributed by atoms with Gasteiger partial charge < -0.3 is 5.32 Å². The molecule has 1 N–H and O–H groups in total. The van der Waals surface area contributed by atoms with Crippen LogP contribution in [0.25, 0.3) is 0 Å². The Hall–Kier alpha value is -2.44. The van der Waals surface area contributed by atoms with Gasteiger partial charge in [0.1, 0.15) is 17.2 Å². The summed E-state index contributed by atoms with van der Waals surface area (Å²) in [7, 11) is 0. The number of nitrogens with zero attached hydrogens (tertiary/aromatic N) is 4. The molecule has 0 spiro atoms. The van der Waals surface area contributed by atoms with E-state index < -0.39 is 0 Å². The summed E-state index contributed by atoms with van der Waals surface area (Å²) in [4.78, 5) is 14.8. The average Bonchev–Trinajstić information content (AvgIpc) is 2.65. The normalized spacial score (nSPS) is 10.6. The molecule has 106 valence electrons. The van der Waals surface area contributed by atoms with Gasteiger partial charge in [-0.2, -0.15) is 5.10 Å². The summed E-state index contributed by atoms with van der Waals surface area (Å²) in [5.74, 6) is 0.793. The smallest absolute Gasteiger partial charge is 0.312 e. The minimum absolute atomic E-state index is 0.0889. The van der Waals surface area contributed by atoms with Crippen LogP contribution in [0.5, 0.6) is 0 Å². The number of rotatable bonds is 5. The summed E-state index contributed by atoms with van der Waals surface area (Å²) in [6.45, 7) is 6.64. The van der Waals surface area contributed by atoms with Gasteiger partial charge in [-0.15, -0.1) is 0 Å². The van der Waals surface area contributed by atoms with Gasteiger partial charge in [0, 0.05) is 12.7 Å². The zero-order valence-electron chi connectivity index (χ0n) is 11.8. The Labute approximate surface area is 116 Å². The quantitative estimate of drug-likeness (QED) is 0.668. The molecule has 0 saturated heterocycles. The second-order valence-corrected chi connectivity index (χ2v) is 4.51. The fraction of sp³-hybridized carbons (Fsp3) is 0.385. The molecule has 7 heteroatoms. The van der Waals surface area contributed by atoms with Crippen LogP contribution in [0.1, 0.15) is 23.9 Å². The highest BCUT2D eigenvalue weighted by Crippen LogP contribution is 2.22. The molecule has 0 bridgehead atoms. The van der Waals surface area contributed by atoms with E-state index >= 15 is 0 Å². The van der Waals surface area contributed by atoms with Gasteiger partial charge in [-0.1, -0.05) is 0 Å². The first-order valence-electron chi connectivity index (χ1n) is 6.40. The van der Waals surface area contributed by atoms with Crippen LogP contribution < -0.4 is 5.32 Å². The molecular formula is C13H17N5O2. The third-order valence-corrected chi connectivity index (χ3v) is 3.04. The first kappa shape index (κ1) is 14.0. The summed E-state index contributed by atoms with van der Waals surface area (Å²) in [5.41, 5.74) is 2.09. The van der Waals surface area contributed by atoms with Gasteiger partial charge in [0.25, 0.3) is 0 Å². The Bertz CT molecular complexity index is 636. The lowest BCUT2D eigenvalue weighted by atomic mass is 10.2. The largest absolute Gasteiger partial charge is 0.370 e.